The van der Waals surface area contributed by atoms with E-state index in [4.69, 9.17) is 5.73 Å². The van der Waals surface area contributed by atoms with E-state index in [0.29, 0.717) is 0 Å². The van der Waals surface area contributed by atoms with Crippen molar-refractivity contribution >= 4 is 17.0 Å². The molecule has 0 bridgehead atoms. The third-order valence-electron chi connectivity index (χ3n) is 1.53. The van der Waals surface area contributed by atoms with Gasteiger partial charge in [-0.15, -0.1) is 11.3 Å². The molecular weight excluding hydrogens is 142 g/mol. The lowest BCUT2D eigenvalue weighted by atomic mass is 10.3. The van der Waals surface area contributed by atoms with Crippen molar-refractivity contribution in [2.45, 2.75) is 0 Å². The SMILES string of the molecule is Nc1ccc2scccc1-2. The van der Waals surface area contributed by atoms with Gasteiger partial charge in [0, 0.05) is 16.1 Å². The molecule has 0 radical (unpaired) electrons. The van der Waals surface area contributed by atoms with Crippen molar-refractivity contribution in [3.63, 3.8) is 0 Å². The fourth-order valence-corrected chi connectivity index (χ4v) is 1.78. The third kappa shape index (κ3) is 0.693. The van der Waals surface area contributed by atoms with Crippen LogP contribution in [-0.2, 0) is 0 Å². The first-order chi connectivity index (χ1) is 4.88. The van der Waals surface area contributed by atoms with E-state index in [9.17, 15) is 0 Å². The maximum atomic E-state index is 5.68. The van der Waals surface area contributed by atoms with E-state index in [1.807, 2.05) is 18.2 Å². The topological polar surface area (TPSA) is 26.0 Å². The van der Waals surface area contributed by atoms with Gasteiger partial charge in [0.15, 0.2) is 0 Å². The Bertz CT molecular complexity index is 313. The Morgan fingerprint density at radius 2 is 2.10 bits per heavy atom. The van der Waals surface area contributed by atoms with E-state index >= 15 is 0 Å². The monoisotopic (exact) mass is 149 g/mol. The maximum absolute atomic E-state index is 5.68. The van der Waals surface area contributed by atoms with Crippen LogP contribution in [0.1, 0.15) is 0 Å². The molecule has 0 saturated heterocycles. The van der Waals surface area contributed by atoms with E-state index in [-0.39, 0.29) is 0 Å². The predicted octanol–water partition coefficient (Wildman–Crippen LogP) is 2.44. The van der Waals surface area contributed by atoms with E-state index in [0.717, 1.165) is 5.69 Å². The number of nitrogens with two attached hydrogens (primary N) is 1. The van der Waals surface area contributed by atoms with Crippen molar-refractivity contribution < 1.29 is 0 Å². The van der Waals surface area contributed by atoms with Crippen molar-refractivity contribution in [2.75, 3.05) is 5.73 Å². The number of hydrogen-bond donors (Lipinski definition) is 1. The molecule has 0 aromatic rings. The largest absolute Gasteiger partial charge is 0.398 e. The van der Waals surface area contributed by atoms with Crippen LogP contribution in [0.3, 0.4) is 0 Å². The molecule has 2 rings (SSSR count). The minimum absolute atomic E-state index is 0.881. The standard InChI is InChI=1S/C8H7NS/c9-7-3-4-8-6(7)2-1-5-10-8/h1-5H,9H2. The van der Waals surface area contributed by atoms with Crippen LogP contribution >= 0.6 is 11.3 Å². The summed E-state index contributed by atoms with van der Waals surface area (Å²) in [5, 5.41) is 2.06. The predicted molar refractivity (Wildman–Crippen MR) is 45.4 cm³/mol. The Labute approximate surface area is 63.4 Å². The molecule has 1 nitrogen and oxygen atoms in total. The van der Waals surface area contributed by atoms with Crippen LogP contribution in [-0.4, -0.2) is 0 Å². The summed E-state index contributed by atoms with van der Waals surface area (Å²) in [6.07, 6.45) is 0. The van der Waals surface area contributed by atoms with Gasteiger partial charge in [-0.3, -0.25) is 0 Å². The molecule has 0 fully saturated rings. The minimum Gasteiger partial charge on any atom is -0.398 e. The highest BCUT2D eigenvalue weighted by atomic mass is 32.1. The average molecular weight is 149 g/mol. The van der Waals surface area contributed by atoms with Crippen molar-refractivity contribution in [3.05, 3.63) is 29.6 Å². The summed E-state index contributed by atoms with van der Waals surface area (Å²) >= 11 is 1.72. The molecular formula is C8H7NS. The molecule has 2 aliphatic rings. The van der Waals surface area contributed by atoms with Crippen LogP contribution in [0.5, 0.6) is 0 Å². The van der Waals surface area contributed by atoms with Gasteiger partial charge in [0.25, 0.3) is 0 Å². The van der Waals surface area contributed by atoms with Crippen LogP contribution in [0.4, 0.5) is 5.69 Å². The average Bonchev–Trinajstić information content (AvgIpc) is 2.34. The quantitative estimate of drug-likeness (QED) is 0.611. The van der Waals surface area contributed by atoms with Crippen molar-refractivity contribution in [3.8, 4) is 10.4 Å². The lowest BCUT2D eigenvalue weighted by Gasteiger charge is -1.95. The zero-order valence-corrected chi connectivity index (χ0v) is 6.19. The molecule has 0 unspecified atom stereocenters. The van der Waals surface area contributed by atoms with E-state index in [1.165, 1.54) is 10.4 Å². The number of fused-ring (bicyclic) bond motifs is 1. The van der Waals surface area contributed by atoms with Gasteiger partial charge in [-0.2, -0.15) is 0 Å². The highest BCUT2D eigenvalue weighted by Gasteiger charge is 2.03. The maximum Gasteiger partial charge on any atom is 0.0402 e. The van der Waals surface area contributed by atoms with Gasteiger partial charge in [0.1, 0.15) is 0 Å². The molecule has 1 aliphatic carbocycles. The van der Waals surface area contributed by atoms with Crippen LogP contribution in [0.2, 0.25) is 0 Å². The molecule has 0 aromatic heterocycles. The molecule has 0 spiro atoms. The minimum atomic E-state index is 0.881. The summed E-state index contributed by atoms with van der Waals surface area (Å²) in [5.74, 6) is 0. The summed E-state index contributed by atoms with van der Waals surface area (Å²) in [4.78, 5) is 1.26. The molecule has 50 valence electrons. The molecule has 0 amide bonds. The number of rotatable bonds is 0. The normalized spacial score (nSPS) is 10.4. The molecule has 1 heterocycles. The summed E-state index contributed by atoms with van der Waals surface area (Å²) in [6, 6.07) is 8.06. The summed E-state index contributed by atoms with van der Waals surface area (Å²) in [6.45, 7) is 0. The fourth-order valence-electron chi connectivity index (χ4n) is 1.02. The second-order valence-corrected chi connectivity index (χ2v) is 3.13. The Kier molecular flexibility index (Phi) is 1.14. The smallest absolute Gasteiger partial charge is 0.0402 e. The van der Waals surface area contributed by atoms with Crippen LogP contribution in [0.25, 0.3) is 10.4 Å². The molecule has 0 saturated carbocycles. The number of nitrogen functional groups attached to an aromatic ring is 1. The zero-order chi connectivity index (χ0) is 6.97. The molecule has 2 heteroatoms. The summed E-state index contributed by atoms with van der Waals surface area (Å²) in [5.41, 5.74) is 7.74. The van der Waals surface area contributed by atoms with Gasteiger partial charge in [0.2, 0.25) is 0 Å². The van der Waals surface area contributed by atoms with Crippen LogP contribution in [0.15, 0.2) is 29.6 Å². The van der Waals surface area contributed by atoms with Gasteiger partial charge in [-0.25, -0.2) is 0 Å². The first-order valence-corrected chi connectivity index (χ1v) is 3.97. The second-order valence-electron chi connectivity index (χ2n) is 2.18. The van der Waals surface area contributed by atoms with Crippen LogP contribution in [0, 0.1) is 0 Å². The van der Waals surface area contributed by atoms with Crippen molar-refractivity contribution in [1.82, 2.24) is 0 Å². The Morgan fingerprint density at radius 3 is 2.90 bits per heavy atom. The lowest BCUT2D eigenvalue weighted by molar-refractivity contribution is 1.81. The first-order valence-electron chi connectivity index (χ1n) is 3.09. The third-order valence-corrected chi connectivity index (χ3v) is 2.43. The molecule has 0 atom stereocenters. The Hall–Kier alpha value is -1.02. The zero-order valence-electron chi connectivity index (χ0n) is 5.37. The molecule has 10 heavy (non-hydrogen) atoms. The van der Waals surface area contributed by atoms with Gasteiger partial charge in [-0.1, -0.05) is 12.1 Å². The fraction of sp³-hybridized carbons (Fsp3) is 0. The highest BCUT2D eigenvalue weighted by Crippen LogP contribution is 2.32. The summed E-state index contributed by atoms with van der Waals surface area (Å²) < 4.78 is 0. The van der Waals surface area contributed by atoms with E-state index in [1.54, 1.807) is 11.3 Å². The first kappa shape index (κ1) is 5.74. The Morgan fingerprint density at radius 1 is 1.20 bits per heavy atom. The molecule has 1 aliphatic heterocycles. The van der Waals surface area contributed by atoms with Gasteiger partial charge >= 0.3 is 0 Å². The second kappa shape index (κ2) is 1.99. The van der Waals surface area contributed by atoms with Crippen LogP contribution < -0.4 is 5.73 Å². The van der Waals surface area contributed by atoms with Crippen molar-refractivity contribution in [2.24, 2.45) is 0 Å². The van der Waals surface area contributed by atoms with Gasteiger partial charge in [0.05, 0.1) is 0 Å². The molecule has 2 N–H and O–H groups in total. The number of hydrogen-bond acceptors (Lipinski definition) is 2. The van der Waals surface area contributed by atoms with E-state index < -0.39 is 0 Å². The lowest BCUT2D eigenvalue weighted by Crippen LogP contribution is -1.81. The Balaban J connectivity index is 2.78. The molecule has 0 aromatic carbocycles. The van der Waals surface area contributed by atoms with E-state index in [2.05, 4.69) is 11.4 Å². The summed E-state index contributed by atoms with van der Waals surface area (Å²) in [7, 11) is 0. The highest BCUT2D eigenvalue weighted by molar-refractivity contribution is 7.13. The number of anilines is 1. The van der Waals surface area contributed by atoms with Crippen molar-refractivity contribution in [1.29, 1.82) is 0 Å². The van der Waals surface area contributed by atoms with Gasteiger partial charge in [-0.05, 0) is 17.5 Å². The van der Waals surface area contributed by atoms with Gasteiger partial charge < -0.3 is 5.73 Å².